The van der Waals surface area contributed by atoms with Crippen molar-refractivity contribution in [2.24, 2.45) is 0 Å². The maximum Gasteiger partial charge on any atom is 0.237 e. The third-order valence-corrected chi connectivity index (χ3v) is 11.5. The summed E-state index contributed by atoms with van der Waals surface area (Å²) < 4.78 is 7.14. The average Bonchev–Trinajstić information content (AvgIpc) is 3.94. The molecule has 13 aromatic rings. The van der Waals surface area contributed by atoms with E-state index in [4.69, 9.17) is 9.97 Å². The third-order valence-electron chi connectivity index (χ3n) is 11.5. The van der Waals surface area contributed by atoms with E-state index in [0.717, 1.165) is 38.8 Å². The van der Waals surface area contributed by atoms with Crippen molar-refractivity contribution >= 4 is 103 Å². The molecule has 0 bridgehead atoms. The van der Waals surface area contributed by atoms with Crippen LogP contribution < -0.4 is 0 Å². The van der Waals surface area contributed by atoms with Crippen molar-refractivity contribution in [2.75, 3.05) is 0 Å². The summed E-state index contributed by atoms with van der Waals surface area (Å²) in [5.41, 5.74) is 9.08. The monoisotopic (exact) mass is 673 g/mol. The first-order valence-corrected chi connectivity index (χ1v) is 18.1. The number of nitrogens with zero attached hydrogens (tertiary/aromatic N) is 5. The summed E-state index contributed by atoms with van der Waals surface area (Å²) in [4.78, 5) is 10.8. The van der Waals surface area contributed by atoms with Crippen molar-refractivity contribution in [3.63, 3.8) is 0 Å². The van der Waals surface area contributed by atoms with E-state index < -0.39 is 0 Å². The minimum Gasteiger partial charge on any atom is -0.307 e. The molecule has 5 heterocycles. The lowest BCUT2D eigenvalue weighted by Gasteiger charge is -2.14. The lowest BCUT2D eigenvalue weighted by molar-refractivity contribution is 0.973. The van der Waals surface area contributed by atoms with Crippen LogP contribution >= 0.6 is 0 Å². The zero-order valence-electron chi connectivity index (χ0n) is 28.3. The molecule has 0 saturated carbocycles. The maximum absolute atomic E-state index is 5.58. The lowest BCUT2D eigenvalue weighted by Crippen LogP contribution is -2.07. The topological polar surface area (TPSA) is 40.0 Å². The lowest BCUT2D eigenvalue weighted by atomic mass is 10.00. The average molecular weight is 674 g/mol. The number of para-hydroxylation sites is 5. The fraction of sp³-hybridized carbons (Fsp3) is 0. The van der Waals surface area contributed by atoms with Crippen molar-refractivity contribution in [3.05, 3.63) is 164 Å². The van der Waals surface area contributed by atoms with E-state index in [1.807, 2.05) is 0 Å². The fourth-order valence-electron chi connectivity index (χ4n) is 9.45. The normalized spacial score (nSPS) is 12.5. The van der Waals surface area contributed by atoms with Gasteiger partial charge in [0.05, 0.1) is 44.1 Å². The number of fused-ring (bicyclic) bond motifs is 16. The van der Waals surface area contributed by atoms with Crippen LogP contribution in [0.5, 0.6) is 0 Å². The Morgan fingerprint density at radius 2 is 0.906 bits per heavy atom. The second kappa shape index (κ2) is 9.75. The van der Waals surface area contributed by atoms with Gasteiger partial charge in [-0.3, -0.25) is 9.13 Å². The Bertz CT molecular complexity index is 3640. The van der Waals surface area contributed by atoms with Crippen LogP contribution in [0.4, 0.5) is 0 Å². The Morgan fingerprint density at radius 3 is 1.64 bits per heavy atom. The highest BCUT2D eigenvalue weighted by Crippen LogP contribution is 2.48. The summed E-state index contributed by atoms with van der Waals surface area (Å²) in [5, 5.41) is 13.4. The highest BCUT2D eigenvalue weighted by atomic mass is 15.2. The first-order chi connectivity index (χ1) is 26.3. The van der Waals surface area contributed by atoms with Gasteiger partial charge in [0.2, 0.25) is 5.95 Å². The van der Waals surface area contributed by atoms with Crippen LogP contribution in [0, 0.1) is 0 Å². The molecular formula is C48H27N5. The highest BCUT2D eigenvalue weighted by molar-refractivity contribution is 6.37. The molecular weight excluding hydrogens is 647 g/mol. The zero-order chi connectivity index (χ0) is 34.4. The molecule has 0 saturated heterocycles. The van der Waals surface area contributed by atoms with Gasteiger partial charge < -0.3 is 4.40 Å². The fourth-order valence-corrected chi connectivity index (χ4v) is 9.45. The molecule has 0 unspecified atom stereocenters. The molecule has 0 N–H and O–H groups in total. The Morgan fingerprint density at radius 1 is 0.340 bits per heavy atom. The zero-order valence-corrected chi connectivity index (χ0v) is 28.3. The number of benzene rings is 8. The molecule has 0 atom stereocenters. The van der Waals surface area contributed by atoms with Crippen molar-refractivity contribution in [1.29, 1.82) is 0 Å². The smallest absolute Gasteiger partial charge is 0.237 e. The molecule has 5 aromatic heterocycles. The van der Waals surface area contributed by atoms with Crippen LogP contribution in [0.3, 0.4) is 0 Å². The summed E-state index contributed by atoms with van der Waals surface area (Å²) in [6.45, 7) is 0. The largest absolute Gasteiger partial charge is 0.307 e. The van der Waals surface area contributed by atoms with Gasteiger partial charge in [-0.1, -0.05) is 121 Å². The van der Waals surface area contributed by atoms with Gasteiger partial charge in [-0.05, 0) is 47.9 Å². The molecule has 53 heavy (non-hydrogen) atoms. The van der Waals surface area contributed by atoms with Gasteiger partial charge in [0.25, 0.3) is 0 Å². The van der Waals surface area contributed by atoms with Gasteiger partial charge in [-0.25, -0.2) is 4.98 Å². The molecule has 0 aliphatic heterocycles. The molecule has 0 fully saturated rings. The van der Waals surface area contributed by atoms with E-state index in [9.17, 15) is 0 Å². The molecule has 244 valence electrons. The van der Waals surface area contributed by atoms with Crippen LogP contribution in [0.25, 0.3) is 115 Å². The van der Waals surface area contributed by atoms with Crippen molar-refractivity contribution in [1.82, 2.24) is 23.5 Å². The molecule has 0 aliphatic carbocycles. The summed E-state index contributed by atoms with van der Waals surface area (Å²) in [7, 11) is 0. The van der Waals surface area contributed by atoms with Gasteiger partial charge >= 0.3 is 0 Å². The molecule has 0 amide bonds. The van der Waals surface area contributed by atoms with Gasteiger partial charge in [0, 0.05) is 53.9 Å². The van der Waals surface area contributed by atoms with Crippen molar-refractivity contribution in [2.45, 2.75) is 0 Å². The SMILES string of the molecule is c1ccc2c(c1)ccc1c3c4c5ccccc5n(-c5nc(-n6c7ccccc7c7ccccc76)nc6ccccc56)c4cc4c5ccccc5n(c21)c43. The summed E-state index contributed by atoms with van der Waals surface area (Å²) >= 11 is 0. The van der Waals surface area contributed by atoms with E-state index in [0.29, 0.717) is 5.95 Å². The third kappa shape index (κ3) is 3.37. The second-order valence-corrected chi connectivity index (χ2v) is 14.2. The Hall–Kier alpha value is -7.24. The number of rotatable bonds is 2. The summed E-state index contributed by atoms with van der Waals surface area (Å²) in [6, 6.07) is 59.0. The number of hydrogen-bond acceptors (Lipinski definition) is 2. The quantitative estimate of drug-likeness (QED) is 0.183. The molecule has 0 aliphatic rings. The predicted molar refractivity (Wildman–Crippen MR) is 220 cm³/mol. The molecule has 5 heteroatoms. The first kappa shape index (κ1) is 27.5. The number of hydrogen-bond donors (Lipinski definition) is 0. The van der Waals surface area contributed by atoms with Gasteiger partial charge in [0.1, 0.15) is 0 Å². The van der Waals surface area contributed by atoms with Crippen LogP contribution in [-0.2, 0) is 0 Å². The molecule has 13 rings (SSSR count). The van der Waals surface area contributed by atoms with E-state index in [-0.39, 0.29) is 0 Å². The summed E-state index contributed by atoms with van der Waals surface area (Å²) in [5.74, 6) is 1.52. The Kier molecular flexibility index (Phi) is 5.06. The van der Waals surface area contributed by atoms with Gasteiger partial charge in [-0.15, -0.1) is 0 Å². The molecule has 0 spiro atoms. The predicted octanol–water partition coefficient (Wildman–Crippen LogP) is 12.1. The Balaban J connectivity index is 1.25. The van der Waals surface area contributed by atoms with Crippen molar-refractivity contribution in [3.8, 4) is 11.8 Å². The maximum atomic E-state index is 5.58. The van der Waals surface area contributed by atoms with E-state index in [1.54, 1.807) is 0 Å². The van der Waals surface area contributed by atoms with Crippen LogP contribution in [-0.4, -0.2) is 23.5 Å². The van der Waals surface area contributed by atoms with E-state index in [2.05, 4.69) is 177 Å². The van der Waals surface area contributed by atoms with Crippen molar-refractivity contribution < 1.29 is 0 Å². The van der Waals surface area contributed by atoms with Gasteiger partial charge in [-0.2, -0.15) is 4.98 Å². The van der Waals surface area contributed by atoms with Crippen LogP contribution in [0.2, 0.25) is 0 Å². The molecule has 8 aromatic carbocycles. The standard InChI is InChI=1S/C48H27N5/c1-2-14-29-28(13-1)25-26-35-44-43-34-19-7-12-24-41(34)51(42(43)27-36-32-17-6-11-23-40(32)53(45(29)35)46(36)44)47-33-18-3-8-20-37(33)49-48(50-47)52-38-21-9-4-15-30(38)31-16-5-10-22-39(31)52/h1-27H. The van der Waals surface area contributed by atoms with Gasteiger partial charge in [0.15, 0.2) is 5.82 Å². The van der Waals surface area contributed by atoms with Crippen LogP contribution in [0.1, 0.15) is 0 Å². The second-order valence-electron chi connectivity index (χ2n) is 14.2. The molecule has 5 nitrogen and oxygen atoms in total. The van der Waals surface area contributed by atoms with Crippen LogP contribution in [0.15, 0.2) is 164 Å². The first-order valence-electron chi connectivity index (χ1n) is 18.1. The minimum atomic E-state index is 0.654. The van der Waals surface area contributed by atoms with E-state index >= 15 is 0 Å². The minimum absolute atomic E-state index is 0.654. The Labute approximate surface area is 301 Å². The highest BCUT2D eigenvalue weighted by Gasteiger charge is 2.26. The number of aromatic nitrogens is 5. The molecule has 0 radical (unpaired) electrons. The summed E-state index contributed by atoms with van der Waals surface area (Å²) in [6.07, 6.45) is 0. The van der Waals surface area contributed by atoms with E-state index in [1.165, 1.54) is 70.4 Å².